The van der Waals surface area contributed by atoms with E-state index in [1.807, 2.05) is 30.3 Å². The topological polar surface area (TPSA) is 20.6 Å². The summed E-state index contributed by atoms with van der Waals surface area (Å²) >= 11 is 6.39. The number of halogens is 2. The van der Waals surface area contributed by atoms with Crippen molar-refractivity contribution in [3.8, 4) is 0 Å². The summed E-state index contributed by atoms with van der Waals surface area (Å²) in [5.74, 6) is -0.188. The fraction of sp³-hybridized carbons (Fsp3) is 0.250. The zero-order valence-corrected chi connectivity index (χ0v) is 14.6. The summed E-state index contributed by atoms with van der Waals surface area (Å²) in [7, 11) is 0. The first-order valence-electron chi connectivity index (χ1n) is 8.57. The minimum absolute atomic E-state index is 0.188. The van der Waals surface area contributed by atoms with Gasteiger partial charge in [-0.15, -0.1) is 0 Å². The monoisotopic (exact) mass is 356 g/mol. The second-order valence-electron chi connectivity index (χ2n) is 6.52. The van der Waals surface area contributed by atoms with Crippen LogP contribution in [0.2, 0.25) is 5.15 Å². The van der Waals surface area contributed by atoms with Crippen molar-refractivity contribution < 1.29 is 9.29 Å². The van der Waals surface area contributed by atoms with Crippen LogP contribution in [-0.2, 0) is 6.54 Å². The lowest BCUT2D eigenvalue weighted by atomic mass is 10.1. The van der Waals surface area contributed by atoms with Gasteiger partial charge < -0.3 is 9.80 Å². The molecule has 0 unspecified atom stereocenters. The molecular weight excluding hydrogens is 337 g/mol. The highest BCUT2D eigenvalue weighted by Gasteiger charge is 2.21. The average Bonchev–Trinajstić information content (AvgIpc) is 2.64. The zero-order chi connectivity index (χ0) is 17.2. The Labute approximate surface area is 151 Å². The number of anilines is 1. The van der Waals surface area contributed by atoms with E-state index in [1.54, 1.807) is 0 Å². The van der Waals surface area contributed by atoms with Gasteiger partial charge in [-0.3, -0.25) is 0 Å². The number of aromatic nitrogens is 1. The van der Waals surface area contributed by atoms with E-state index in [1.165, 1.54) is 17.0 Å². The number of hydrogen-bond donors (Lipinski definition) is 1. The van der Waals surface area contributed by atoms with Crippen LogP contribution in [0.15, 0.2) is 54.6 Å². The summed E-state index contributed by atoms with van der Waals surface area (Å²) in [6.07, 6.45) is 0. The molecule has 4 rings (SSSR count). The Kier molecular flexibility index (Phi) is 4.55. The summed E-state index contributed by atoms with van der Waals surface area (Å²) in [4.78, 5) is 8.32. The molecule has 1 saturated heterocycles. The van der Waals surface area contributed by atoms with Gasteiger partial charge in [-0.05, 0) is 36.4 Å². The number of quaternary nitrogens is 1. The lowest BCUT2D eigenvalue weighted by Crippen LogP contribution is -3.13. The molecule has 0 saturated carbocycles. The molecule has 0 amide bonds. The van der Waals surface area contributed by atoms with Crippen LogP contribution in [-0.4, -0.2) is 31.2 Å². The molecule has 25 heavy (non-hydrogen) atoms. The molecule has 0 aliphatic carbocycles. The summed E-state index contributed by atoms with van der Waals surface area (Å²) in [5.41, 5.74) is 3.13. The molecule has 1 aromatic heterocycles. The fourth-order valence-corrected chi connectivity index (χ4v) is 3.65. The first-order chi connectivity index (χ1) is 12.2. The molecule has 1 aliphatic heterocycles. The van der Waals surface area contributed by atoms with Crippen molar-refractivity contribution in [2.45, 2.75) is 6.54 Å². The maximum atomic E-state index is 13.1. The van der Waals surface area contributed by atoms with Crippen LogP contribution in [0, 0.1) is 5.82 Å². The standard InChI is InChI=1S/C20H19ClFN3/c21-20-16(13-15-3-1-2-4-19(15)23-20)14-24-9-11-25(12-10-24)18-7-5-17(22)6-8-18/h1-8,13H,9-12,14H2/p+1. The van der Waals surface area contributed by atoms with Gasteiger partial charge in [-0.25, -0.2) is 9.37 Å². The maximum absolute atomic E-state index is 13.1. The Bertz CT molecular complexity index is 874. The van der Waals surface area contributed by atoms with E-state index >= 15 is 0 Å². The predicted octanol–water partition coefficient (Wildman–Crippen LogP) is 2.93. The molecule has 3 aromatic rings. The van der Waals surface area contributed by atoms with E-state index in [2.05, 4.69) is 22.0 Å². The first kappa shape index (κ1) is 16.3. The minimum Gasteiger partial charge on any atom is -0.360 e. The van der Waals surface area contributed by atoms with Crippen molar-refractivity contribution >= 4 is 28.2 Å². The third-order valence-corrected chi connectivity index (χ3v) is 5.18. The number of hydrogen-bond acceptors (Lipinski definition) is 2. The number of rotatable bonds is 3. The van der Waals surface area contributed by atoms with Gasteiger partial charge in [-0.2, -0.15) is 0 Å². The fourth-order valence-electron chi connectivity index (χ4n) is 3.44. The smallest absolute Gasteiger partial charge is 0.138 e. The number of pyridine rings is 1. The molecule has 0 radical (unpaired) electrons. The number of nitrogens with one attached hydrogen (secondary N) is 1. The highest BCUT2D eigenvalue weighted by atomic mass is 35.5. The predicted molar refractivity (Wildman–Crippen MR) is 99.8 cm³/mol. The summed E-state index contributed by atoms with van der Waals surface area (Å²) < 4.78 is 13.1. The summed E-state index contributed by atoms with van der Waals surface area (Å²) in [5, 5.41) is 1.73. The third kappa shape index (κ3) is 3.60. The molecule has 0 spiro atoms. The molecule has 2 heterocycles. The molecule has 0 bridgehead atoms. The maximum Gasteiger partial charge on any atom is 0.138 e. The number of para-hydroxylation sites is 1. The van der Waals surface area contributed by atoms with Crippen molar-refractivity contribution in [3.63, 3.8) is 0 Å². The van der Waals surface area contributed by atoms with E-state index in [4.69, 9.17) is 11.6 Å². The Morgan fingerprint density at radius 1 is 1.04 bits per heavy atom. The van der Waals surface area contributed by atoms with Crippen LogP contribution in [0.1, 0.15) is 5.56 Å². The summed E-state index contributed by atoms with van der Waals surface area (Å²) in [6, 6.07) is 17.0. The third-order valence-electron chi connectivity index (χ3n) is 4.85. The van der Waals surface area contributed by atoms with Crippen LogP contribution >= 0.6 is 11.6 Å². The Balaban J connectivity index is 1.43. The van der Waals surface area contributed by atoms with Crippen molar-refractivity contribution in [2.75, 3.05) is 31.1 Å². The van der Waals surface area contributed by atoms with E-state index in [0.29, 0.717) is 5.15 Å². The van der Waals surface area contributed by atoms with E-state index in [9.17, 15) is 4.39 Å². The molecule has 0 atom stereocenters. The van der Waals surface area contributed by atoms with Gasteiger partial charge in [0.2, 0.25) is 0 Å². The minimum atomic E-state index is -0.188. The van der Waals surface area contributed by atoms with E-state index in [0.717, 1.165) is 54.9 Å². The molecule has 1 N–H and O–H groups in total. The first-order valence-corrected chi connectivity index (χ1v) is 8.95. The Hall–Kier alpha value is -2.17. The van der Waals surface area contributed by atoms with Crippen LogP contribution in [0.4, 0.5) is 10.1 Å². The molecule has 1 aliphatic rings. The van der Waals surface area contributed by atoms with Crippen LogP contribution in [0.3, 0.4) is 0 Å². The number of benzene rings is 2. The van der Waals surface area contributed by atoms with Gasteiger partial charge in [0.15, 0.2) is 0 Å². The Morgan fingerprint density at radius 2 is 1.76 bits per heavy atom. The normalized spacial score (nSPS) is 15.7. The van der Waals surface area contributed by atoms with Crippen molar-refractivity contribution in [1.82, 2.24) is 4.98 Å². The van der Waals surface area contributed by atoms with Crippen LogP contribution < -0.4 is 9.80 Å². The number of fused-ring (bicyclic) bond motifs is 1. The molecule has 5 heteroatoms. The van der Waals surface area contributed by atoms with Gasteiger partial charge in [0.1, 0.15) is 17.5 Å². The lowest BCUT2D eigenvalue weighted by Gasteiger charge is -2.33. The molecule has 1 fully saturated rings. The van der Waals surface area contributed by atoms with E-state index < -0.39 is 0 Å². The number of piperazine rings is 1. The largest absolute Gasteiger partial charge is 0.360 e. The second kappa shape index (κ2) is 6.98. The lowest BCUT2D eigenvalue weighted by molar-refractivity contribution is -0.914. The zero-order valence-electron chi connectivity index (χ0n) is 13.9. The van der Waals surface area contributed by atoms with Crippen molar-refractivity contribution in [3.05, 3.63) is 71.1 Å². The van der Waals surface area contributed by atoms with Gasteiger partial charge in [0.25, 0.3) is 0 Å². The van der Waals surface area contributed by atoms with Crippen LogP contribution in [0.25, 0.3) is 10.9 Å². The SMILES string of the molecule is Fc1ccc(N2CC[NH+](Cc3cc4ccccc4nc3Cl)CC2)cc1. The molecule has 128 valence electrons. The highest BCUT2D eigenvalue weighted by Crippen LogP contribution is 2.20. The quantitative estimate of drug-likeness (QED) is 0.728. The van der Waals surface area contributed by atoms with Crippen LogP contribution in [0.5, 0.6) is 0 Å². The molecule has 2 aromatic carbocycles. The number of nitrogens with zero attached hydrogens (tertiary/aromatic N) is 2. The average molecular weight is 357 g/mol. The second-order valence-corrected chi connectivity index (χ2v) is 6.88. The molecule has 3 nitrogen and oxygen atoms in total. The molecular formula is C20H20ClFN3+. The van der Waals surface area contributed by atoms with Gasteiger partial charge in [-0.1, -0.05) is 29.8 Å². The van der Waals surface area contributed by atoms with Gasteiger partial charge in [0.05, 0.1) is 31.7 Å². The van der Waals surface area contributed by atoms with Crippen molar-refractivity contribution in [2.24, 2.45) is 0 Å². The highest BCUT2D eigenvalue weighted by molar-refractivity contribution is 6.30. The Morgan fingerprint density at radius 3 is 2.52 bits per heavy atom. The van der Waals surface area contributed by atoms with Crippen molar-refractivity contribution in [1.29, 1.82) is 0 Å². The summed E-state index contributed by atoms with van der Waals surface area (Å²) in [6.45, 7) is 4.86. The van der Waals surface area contributed by atoms with Gasteiger partial charge in [0, 0.05) is 16.6 Å². The van der Waals surface area contributed by atoms with E-state index in [-0.39, 0.29) is 5.82 Å². The van der Waals surface area contributed by atoms with Gasteiger partial charge >= 0.3 is 0 Å².